The van der Waals surface area contributed by atoms with Gasteiger partial charge in [-0.05, 0) is 12.1 Å². The third-order valence-electron chi connectivity index (χ3n) is 1.90. The minimum atomic E-state index is -4.39. The Kier molecular flexibility index (Phi) is 3.62. The molecule has 0 unspecified atom stereocenters. The summed E-state index contributed by atoms with van der Waals surface area (Å²) < 4.78 is 42.3. The monoisotopic (exact) mass is 283 g/mol. The second kappa shape index (κ2) is 4.40. The van der Waals surface area contributed by atoms with Crippen molar-refractivity contribution in [2.75, 3.05) is 7.11 Å². The van der Waals surface area contributed by atoms with E-state index in [1.54, 1.807) is 0 Å². The Morgan fingerprint density at radius 1 is 1.40 bits per heavy atom. The highest BCUT2D eigenvalue weighted by atomic mass is 79.9. The minimum absolute atomic E-state index is 0.000463. The molecule has 2 nitrogen and oxygen atoms in total. The van der Waals surface area contributed by atoms with Crippen LogP contribution in [0.2, 0.25) is 0 Å². The third kappa shape index (κ3) is 2.63. The zero-order valence-corrected chi connectivity index (χ0v) is 9.45. The Balaban J connectivity index is 3.32. The van der Waals surface area contributed by atoms with E-state index in [-0.39, 0.29) is 11.0 Å². The van der Waals surface area contributed by atoms with Crippen LogP contribution in [-0.4, -0.2) is 7.11 Å². The van der Waals surface area contributed by atoms with E-state index in [2.05, 4.69) is 15.9 Å². The summed E-state index contributed by atoms with van der Waals surface area (Å²) in [6, 6.07) is 2.26. The summed E-state index contributed by atoms with van der Waals surface area (Å²) >= 11 is 2.85. The molecule has 0 aliphatic rings. The van der Waals surface area contributed by atoms with Crippen LogP contribution in [0.15, 0.2) is 16.6 Å². The molecule has 1 aromatic carbocycles. The summed E-state index contributed by atoms with van der Waals surface area (Å²) in [7, 11) is 1.38. The van der Waals surface area contributed by atoms with Gasteiger partial charge in [0.2, 0.25) is 0 Å². The summed E-state index contributed by atoms with van der Waals surface area (Å²) in [6.07, 6.45) is -4.39. The largest absolute Gasteiger partial charge is 0.496 e. The van der Waals surface area contributed by atoms with Crippen LogP contribution in [0.1, 0.15) is 11.1 Å². The predicted octanol–water partition coefficient (Wildman–Crippen LogP) is 2.94. The van der Waals surface area contributed by atoms with E-state index in [0.29, 0.717) is 11.3 Å². The summed E-state index contributed by atoms with van der Waals surface area (Å²) in [5.74, 6) is 0.345. The van der Waals surface area contributed by atoms with Crippen LogP contribution >= 0.6 is 15.9 Å². The predicted molar refractivity (Wildman–Crippen MR) is 53.6 cm³/mol. The summed E-state index contributed by atoms with van der Waals surface area (Å²) in [5.41, 5.74) is 4.91. The van der Waals surface area contributed by atoms with Crippen molar-refractivity contribution in [3.8, 4) is 5.75 Å². The van der Waals surface area contributed by atoms with Gasteiger partial charge in [0.05, 0.1) is 12.7 Å². The number of hydrogen-bond donors (Lipinski definition) is 1. The molecule has 0 saturated heterocycles. The molecular weight excluding hydrogens is 275 g/mol. The Labute approximate surface area is 93.3 Å². The van der Waals surface area contributed by atoms with E-state index in [0.717, 1.165) is 6.07 Å². The average molecular weight is 284 g/mol. The fourth-order valence-corrected chi connectivity index (χ4v) is 1.71. The lowest BCUT2D eigenvalue weighted by molar-refractivity contribution is -0.138. The molecule has 0 fully saturated rings. The highest BCUT2D eigenvalue weighted by Gasteiger charge is 2.33. The minimum Gasteiger partial charge on any atom is -0.496 e. The highest BCUT2D eigenvalue weighted by molar-refractivity contribution is 9.10. The van der Waals surface area contributed by atoms with Gasteiger partial charge in [-0.1, -0.05) is 15.9 Å². The van der Waals surface area contributed by atoms with Crippen molar-refractivity contribution >= 4 is 15.9 Å². The molecule has 15 heavy (non-hydrogen) atoms. The molecule has 0 aliphatic heterocycles. The number of benzene rings is 1. The smallest absolute Gasteiger partial charge is 0.417 e. The lowest BCUT2D eigenvalue weighted by atomic mass is 10.1. The van der Waals surface area contributed by atoms with Crippen LogP contribution < -0.4 is 10.5 Å². The molecular formula is C9H9BrF3NO. The molecule has 0 radical (unpaired) electrons. The number of halogens is 4. The van der Waals surface area contributed by atoms with Crippen molar-refractivity contribution in [3.63, 3.8) is 0 Å². The van der Waals surface area contributed by atoms with Gasteiger partial charge in [-0.3, -0.25) is 0 Å². The Morgan fingerprint density at radius 3 is 2.40 bits per heavy atom. The van der Waals surface area contributed by atoms with Gasteiger partial charge in [0.25, 0.3) is 0 Å². The van der Waals surface area contributed by atoms with Gasteiger partial charge in [-0.25, -0.2) is 0 Å². The second-order valence-corrected chi connectivity index (χ2v) is 3.70. The Hall–Kier alpha value is -0.750. The average Bonchev–Trinajstić information content (AvgIpc) is 2.15. The number of hydrogen-bond acceptors (Lipinski definition) is 2. The van der Waals surface area contributed by atoms with E-state index in [4.69, 9.17) is 10.5 Å². The molecule has 6 heteroatoms. The highest BCUT2D eigenvalue weighted by Crippen LogP contribution is 2.38. The van der Waals surface area contributed by atoms with Crippen LogP contribution in [0, 0.1) is 0 Å². The standard InChI is InChI=1S/C9H9BrF3NO/c1-15-8-3-7(10)6(9(11,12)13)2-5(8)4-14/h2-3H,4,14H2,1H3. The van der Waals surface area contributed by atoms with Crippen molar-refractivity contribution < 1.29 is 17.9 Å². The second-order valence-electron chi connectivity index (χ2n) is 2.85. The first-order valence-electron chi connectivity index (χ1n) is 4.03. The van der Waals surface area contributed by atoms with Crippen molar-refractivity contribution in [2.24, 2.45) is 5.73 Å². The molecule has 0 heterocycles. The quantitative estimate of drug-likeness (QED) is 0.906. The zero-order valence-electron chi connectivity index (χ0n) is 7.86. The van der Waals surface area contributed by atoms with Gasteiger partial charge < -0.3 is 10.5 Å². The Morgan fingerprint density at radius 2 is 2.00 bits per heavy atom. The SMILES string of the molecule is COc1cc(Br)c(C(F)(F)F)cc1CN. The van der Waals surface area contributed by atoms with Crippen molar-refractivity contribution in [1.29, 1.82) is 0 Å². The maximum absolute atomic E-state index is 12.5. The number of methoxy groups -OCH3 is 1. The number of nitrogens with two attached hydrogens (primary N) is 1. The number of alkyl halides is 3. The molecule has 0 atom stereocenters. The number of rotatable bonds is 2. The topological polar surface area (TPSA) is 35.2 Å². The summed E-state index contributed by atoms with van der Waals surface area (Å²) in [6.45, 7) is -0.000463. The molecule has 0 saturated carbocycles. The van der Waals surface area contributed by atoms with Gasteiger partial charge in [0, 0.05) is 16.6 Å². The fraction of sp³-hybridized carbons (Fsp3) is 0.333. The molecule has 1 rings (SSSR count). The maximum Gasteiger partial charge on any atom is 0.417 e. The van der Waals surface area contributed by atoms with Crippen molar-refractivity contribution in [3.05, 3.63) is 27.7 Å². The van der Waals surface area contributed by atoms with Crippen LogP contribution in [0.25, 0.3) is 0 Å². The van der Waals surface area contributed by atoms with Gasteiger partial charge in [0.1, 0.15) is 5.75 Å². The zero-order chi connectivity index (χ0) is 11.6. The van der Waals surface area contributed by atoms with E-state index < -0.39 is 11.7 Å². The van der Waals surface area contributed by atoms with Gasteiger partial charge in [-0.2, -0.15) is 13.2 Å². The van der Waals surface area contributed by atoms with E-state index in [9.17, 15) is 13.2 Å². The number of ether oxygens (including phenoxy) is 1. The van der Waals surface area contributed by atoms with Crippen molar-refractivity contribution in [1.82, 2.24) is 0 Å². The van der Waals surface area contributed by atoms with Crippen LogP contribution in [0.3, 0.4) is 0 Å². The normalized spacial score (nSPS) is 11.6. The van der Waals surface area contributed by atoms with Gasteiger partial charge in [0.15, 0.2) is 0 Å². The Bertz CT molecular complexity index is 365. The molecule has 1 aromatic rings. The molecule has 0 spiro atoms. The van der Waals surface area contributed by atoms with Gasteiger partial charge >= 0.3 is 6.18 Å². The lowest BCUT2D eigenvalue weighted by Gasteiger charge is -2.13. The third-order valence-corrected chi connectivity index (χ3v) is 2.55. The summed E-state index contributed by atoms with van der Waals surface area (Å²) in [5, 5.41) is 0. The van der Waals surface area contributed by atoms with E-state index in [1.807, 2.05) is 0 Å². The van der Waals surface area contributed by atoms with Crippen molar-refractivity contribution in [2.45, 2.75) is 12.7 Å². The van der Waals surface area contributed by atoms with Crippen LogP contribution in [0.4, 0.5) is 13.2 Å². The first-order valence-corrected chi connectivity index (χ1v) is 4.83. The first kappa shape index (κ1) is 12.3. The molecule has 2 N–H and O–H groups in total. The molecule has 0 aromatic heterocycles. The van der Waals surface area contributed by atoms with Gasteiger partial charge in [-0.15, -0.1) is 0 Å². The van der Waals surface area contributed by atoms with E-state index >= 15 is 0 Å². The van der Waals surface area contributed by atoms with Crippen LogP contribution in [-0.2, 0) is 12.7 Å². The molecule has 0 aliphatic carbocycles. The first-order chi connectivity index (χ1) is 6.90. The fourth-order valence-electron chi connectivity index (χ4n) is 1.17. The molecule has 0 bridgehead atoms. The summed E-state index contributed by atoms with van der Waals surface area (Å²) in [4.78, 5) is 0. The molecule has 0 amide bonds. The lowest BCUT2D eigenvalue weighted by Crippen LogP contribution is -2.09. The molecule has 84 valence electrons. The van der Waals surface area contributed by atoms with E-state index in [1.165, 1.54) is 13.2 Å². The maximum atomic E-state index is 12.5. The van der Waals surface area contributed by atoms with Crippen LogP contribution in [0.5, 0.6) is 5.75 Å².